The van der Waals surface area contributed by atoms with Gasteiger partial charge in [0.15, 0.2) is 5.71 Å². The molecule has 0 radical (unpaired) electrons. The molecule has 3 aromatic rings. The van der Waals surface area contributed by atoms with Gasteiger partial charge < -0.3 is 4.74 Å². The summed E-state index contributed by atoms with van der Waals surface area (Å²) in [6.45, 7) is 6.29. The molecule has 1 aliphatic heterocycles. The summed E-state index contributed by atoms with van der Waals surface area (Å²) in [4.78, 5) is 18.6. The van der Waals surface area contributed by atoms with Gasteiger partial charge in [-0.1, -0.05) is 41.7 Å². The molecule has 8 heteroatoms. The van der Waals surface area contributed by atoms with Crippen molar-refractivity contribution >= 4 is 39.5 Å². The van der Waals surface area contributed by atoms with Crippen molar-refractivity contribution in [2.75, 3.05) is 17.0 Å². The van der Waals surface area contributed by atoms with Crippen molar-refractivity contribution in [2.45, 2.75) is 20.8 Å². The minimum atomic E-state index is -0.306. The number of anilines is 2. The molecule has 0 atom stereocenters. The molecule has 1 aliphatic rings. The normalized spacial score (nSPS) is 14.9. The Morgan fingerprint density at radius 3 is 2.53 bits per heavy atom. The minimum absolute atomic E-state index is 0.262. The molecule has 0 unspecified atom stereocenters. The minimum Gasteiger partial charge on any atom is -0.494 e. The van der Waals surface area contributed by atoms with Gasteiger partial charge in [-0.15, -0.1) is 0 Å². The number of hydrazone groups is 2. The highest BCUT2D eigenvalue weighted by Crippen LogP contribution is 2.33. The number of rotatable bonds is 6. The van der Waals surface area contributed by atoms with E-state index < -0.39 is 0 Å². The zero-order valence-electron chi connectivity index (χ0n) is 16.9. The summed E-state index contributed by atoms with van der Waals surface area (Å²) >= 11 is 1.43. The Balaban J connectivity index is 1.53. The Morgan fingerprint density at radius 1 is 1.10 bits per heavy atom. The molecule has 2 aromatic carbocycles. The van der Waals surface area contributed by atoms with Gasteiger partial charge in [0.05, 0.1) is 23.7 Å². The second kappa shape index (κ2) is 8.46. The van der Waals surface area contributed by atoms with Crippen molar-refractivity contribution in [1.82, 2.24) is 4.98 Å². The van der Waals surface area contributed by atoms with Crippen LogP contribution in [-0.2, 0) is 4.79 Å². The number of amides is 1. The second-order valence-electron chi connectivity index (χ2n) is 6.60. The van der Waals surface area contributed by atoms with Crippen molar-refractivity contribution in [2.24, 2.45) is 10.2 Å². The third kappa shape index (κ3) is 3.95. The molecule has 30 heavy (non-hydrogen) atoms. The average Bonchev–Trinajstić information content (AvgIpc) is 3.28. The van der Waals surface area contributed by atoms with E-state index in [1.165, 1.54) is 16.3 Å². The van der Waals surface area contributed by atoms with Gasteiger partial charge in [0.2, 0.25) is 5.13 Å². The Hall–Kier alpha value is -3.52. The predicted octanol–water partition coefficient (Wildman–Crippen LogP) is 4.71. The topological polar surface area (TPSA) is 79.2 Å². The van der Waals surface area contributed by atoms with Gasteiger partial charge in [-0.2, -0.15) is 15.2 Å². The van der Waals surface area contributed by atoms with Gasteiger partial charge in [-0.25, -0.2) is 4.98 Å². The van der Waals surface area contributed by atoms with Crippen molar-refractivity contribution in [3.63, 3.8) is 0 Å². The van der Waals surface area contributed by atoms with E-state index in [4.69, 9.17) is 4.74 Å². The molecule has 152 valence electrons. The van der Waals surface area contributed by atoms with Crippen LogP contribution in [-0.4, -0.2) is 28.9 Å². The predicted molar refractivity (Wildman–Crippen MR) is 122 cm³/mol. The number of aryl methyl sites for hydroxylation is 1. The van der Waals surface area contributed by atoms with Gasteiger partial charge in [0, 0.05) is 10.4 Å². The molecule has 0 bridgehead atoms. The van der Waals surface area contributed by atoms with E-state index in [1.807, 2.05) is 68.4 Å². The first-order valence-corrected chi connectivity index (χ1v) is 10.4. The van der Waals surface area contributed by atoms with Crippen LogP contribution in [0.1, 0.15) is 18.7 Å². The van der Waals surface area contributed by atoms with E-state index >= 15 is 0 Å². The Bertz CT molecular complexity index is 1120. The molecule has 1 amide bonds. The molecular formula is C22H21N5O2S. The monoisotopic (exact) mass is 419 g/mol. The summed E-state index contributed by atoms with van der Waals surface area (Å²) < 4.78 is 5.43. The number of nitrogens with zero attached hydrogens (tertiary/aromatic N) is 4. The maximum absolute atomic E-state index is 12.9. The summed E-state index contributed by atoms with van der Waals surface area (Å²) in [5.74, 6) is 0.476. The van der Waals surface area contributed by atoms with Crippen LogP contribution < -0.4 is 15.2 Å². The van der Waals surface area contributed by atoms with Crippen LogP contribution >= 0.6 is 11.3 Å². The Kier molecular flexibility index (Phi) is 5.58. The third-order valence-electron chi connectivity index (χ3n) is 4.46. The maximum Gasteiger partial charge on any atom is 0.303 e. The fraction of sp³-hybridized carbons (Fsp3) is 0.182. The summed E-state index contributed by atoms with van der Waals surface area (Å²) in [7, 11) is 0. The van der Waals surface area contributed by atoms with E-state index in [2.05, 4.69) is 20.6 Å². The van der Waals surface area contributed by atoms with E-state index in [-0.39, 0.29) is 11.6 Å². The standard InChI is InChI=1S/C22H21N5O2S/c1-4-29-18-12-10-17(11-13-18)24-25-19-14(2)26-27(21(19)28)22-23-20(15(3)30-22)16-8-6-5-7-9-16/h5-13,24H,4H2,1-3H3/b25-19+. The van der Waals surface area contributed by atoms with Gasteiger partial charge in [0.1, 0.15) is 5.75 Å². The number of aromatic nitrogens is 1. The Labute approximate surface area is 178 Å². The molecule has 0 saturated carbocycles. The Morgan fingerprint density at radius 2 is 1.83 bits per heavy atom. The largest absolute Gasteiger partial charge is 0.494 e. The van der Waals surface area contributed by atoms with Crippen LogP contribution in [0, 0.1) is 6.92 Å². The van der Waals surface area contributed by atoms with Crippen molar-refractivity contribution in [3.8, 4) is 17.0 Å². The SMILES string of the molecule is CCOc1ccc(N/N=C2/C(=O)N(c3nc(-c4ccccc4)c(C)s3)N=C2C)cc1. The van der Waals surface area contributed by atoms with Gasteiger partial charge in [0.25, 0.3) is 0 Å². The van der Waals surface area contributed by atoms with Gasteiger partial charge in [-0.3, -0.25) is 10.2 Å². The molecule has 1 aromatic heterocycles. The first-order chi connectivity index (χ1) is 14.6. The number of nitrogens with one attached hydrogen (secondary N) is 1. The van der Waals surface area contributed by atoms with E-state index in [0.717, 1.165) is 27.6 Å². The van der Waals surface area contributed by atoms with Crippen LogP contribution in [0.15, 0.2) is 64.8 Å². The lowest BCUT2D eigenvalue weighted by Gasteiger charge is -2.07. The van der Waals surface area contributed by atoms with Gasteiger partial charge in [-0.05, 0) is 45.0 Å². The zero-order valence-corrected chi connectivity index (χ0v) is 17.7. The summed E-state index contributed by atoms with van der Waals surface area (Å²) in [6.07, 6.45) is 0. The first kappa shape index (κ1) is 19.8. The molecule has 7 nitrogen and oxygen atoms in total. The third-order valence-corrected chi connectivity index (χ3v) is 5.41. The molecule has 0 aliphatic carbocycles. The van der Waals surface area contributed by atoms with Crippen LogP contribution in [0.5, 0.6) is 5.75 Å². The van der Waals surface area contributed by atoms with Crippen molar-refractivity contribution in [3.05, 3.63) is 59.5 Å². The number of thiazole rings is 1. The summed E-state index contributed by atoms with van der Waals surface area (Å²) in [5.41, 5.74) is 6.33. The van der Waals surface area contributed by atoms with Crippen LogP contribution in [0.4, 0.5) is 10.8 Å². The summed E-state index contributed by atoms with van der Waals surface area (Å²) in [5, 5.41) is 10.5. The molecule has 2 heterocycles. The maximum atomic E-state index is 12.9. The lowest BCUT2D eigenvalue weighted by Crippen LogP contribution is -2.27. The fourth-order valence-electron chi connectivity index (χ4n) is 3.01. The van der Waals surface area contributed by atoms with Gasteiger partial charge >= 0.3 is 5.91 Å². The lowest BCUT2D eigenvalue weighted by atomic mass is 10.1. The first-order valence-electron chi connectivity index (χ1n) is 9.56. The lowest BCUT2D eigenvalue weighted by molar-refractivity contribution is -0.112. The number of hydrogen-bond donors (Lipinski definition) is 1. The van der Waals surface area contributed by atoms with E-state index in [9.17, 15) is 4.79 Å². The number of benzene rings is 2. The molecule has 0 spiro atoms. The smallest absolute Gasteiger partial charge is 0.303 e. The molecule has 1 N–H and O–H groups in total. The van der Waals surface area contributed by atoms with Crippen LogP contribution in [0.25, 0.3) is 11.3 Å². The number of hydrogen-bond acceptors (Lipinski definition) is 7. The molecular weight excluding hydrogens is 398 g/mol. The highest BCUT2D eigenvalue weighted by molar-refractivity contribution is 7.16. The molecule has 0 fully saturated rings. The second-order valence-corrected chi connectivity index (χ2v) is 7.78. The summed E-state index contributed by atoms with van der Waals surface area (Å²) in [6, 6.07) is 17.3. The van der Waals surface area contributed by atoms with E-state index in [1.54, 1.807) is 6.92 Å². The number of ether oxygens (including phenoxy) is 1. The number of carbonyl (C=O) groups excluding carboxylic acids is 1. The highest BCUT2D eigenvalue weighted by Gasteiger charge is 2.33. The molecule has 0 saturated heterocycles. The highest BCUT2D eigenvalue weighted by atomic mass is 32.1. The zero-order chi connectivity index (χ0) is 21.1. The van der Waals surface area contributed by atoms with Crippen molar-refractivity contribution < 1.29 is 9.53 Å². The quantitative estimate of drug-likeness (QED) is 0.587. The van der Waals surface area contributed by atoms with E-state index in [0.29, 0.717) is 17.5 Å². The van der Waals surface area contributed by atoms with Crippen LogP contribution in [0.3, 0.4) is 0 Å². The average molecular weight is 420 g/mol. The van der Waals surface area contributed by atoms with Crippen LogP contribution in [0.2, 0.25) is 0 Å². The van der Waals surface area contributed by atoms with Crippen molar-refractivity contribution in [1.29, 1.82) is 0 Å². The molecule has 4 rings (SSSR count). The fourth-order valence-corrected chi connectivity index (χ4v) is 3.89. The number of carbonyl (C=O) groups is 1.